The van der Waals surface area contributed by atoms with Gasteiger partial charge in [0.05, 0.1) is 12.6 Å². The van der Waals surface area contributed by atoms with Crippen LogP contribution < -0.4 is 5.54 Å². The fraction of sp³-hybridized carbons (Fsp3) is 1.00. The highest BCUT2D eigenvalue weighted by molar-refractivity contribution is 4.48. The first-order valence-corrected chi connectivity index (χ1v) is 3.32. The Morgan fingerprint density at radius 2 is 1.25 bits per heavy atom. The summed E-state index contributed by atoms with van der Waals surface area (Å²) in [5.74, 6) is 0. The van der Waals surface area contributed by atoms with E-state index in [9.17, 15) is 4.48 Å². The van der Waals surface area contributed by atoms with Crippen molar-refractivity contribution < 1.29 is 45.8 Å². The Kier molecular flexibility index (Phi) is 118. The van der Waals surface area contributed by atoms with Gasteiger partial charge >= 0.3 is 0 Å². The minimum atomic E-state index is -0.185. The van der Waals surface area contributed by atoms with Crippen LogP contribution in [0.25, 0.3) is 0 Å². The van der Waals surface area contributed by atoms with Crippen LogP contribution in [0.15, 0.2) is 0 Å². The molecule has 0 radical (unpaired) electrons. The normalized spacial score (nSPS) is 8.44. The zero-order valence-corrected chi connectivity index (χ0v) is 8.30. The van der Waals surface area contributed by atoms with Crippen molar-refractivity contribution in [1.82, 2.24) is 5.54 Å². The van der Waals surface area contributed by atoms with Gasteiger partial charge in [-0.05, 0) is 13.8 Å². The molecular weight excluding hydrogens is 261 g/mol. The lowest BCUT2D eigenvalue weighted by Gasteiger charge is -2.04. The van der Waals surface area contributed by atoms with Crippen molar-refractivity contribution in [2.24, 2.45) is 0 Å². The zero-order chi connectivity index (χ0) is 14.4. The van der Waals surface area contributed by atoms with Crippen LogP contribution in [0.1, 0.15) is 13.8 Å². The second-order valence-corrected chi connectivity index (χ2v) is 1.67. The second-order valence-electron chi connectivity index (χ2n) is 1.67. The van der Waals surface area contributed by atoms with Crippen LogP contribution in [0.2, 0.25) is 0 Å². The van der Waals surface area contributed by atoms with Crippen molar-refractivity contribution in [1.29, 1.82) is 0 Å². The smallest absolute Gasteiger partial charge is 0.0642 e. The predicted octanol–water partition coefficient (Wildman–Crippen LogP) is 4.25. The van der Waals surface area contributed by atoms with Crippen LogP contribution in [0, 0.1) is 0 Å². The Morgan fingerprint density at radius 3 is 1.44 bits per heavy atom. The molecule has 1 N–H and O–H groups in total. The van der Waals surface area contributed by atoms with E-state index >= 15 is 0 Å². The molecule has 0 spiro atoms. The van der Waals surface area contributed by atoms with Crippen LogP contribution in [0.3, 0.4) is 0 Å². The van der Waals surface area contributed by atoms with Crippen molar-refractivity contribution >= 4 is 0 Å². The average Bonchev–Trinajstić information content (AvgIpc) is 2.45. The lowest BCUT2D eigenvalue weighted by molar-refractivity contribution is 0.103. The van der Waals surface area contributed by atoms with E-state index in [1.54, 1.807) is 12.5 Å². The Morgan fingerprint density at radius 1 is 0.938 bits per heavy atom. The van der Waals surface area contributed by atoms with Crippen LogP contribution >= 0.6 is 0 Å². The van der Waals surface area contributed by atoms with Gasteiger partial charge in [-0.3, -0.25) is 0 Å². The number of hydrogen-bond donors (Lipinski definition) is 1. The summed E-state index contributed by atoms with van der Waals surface area (Å²) in [4.78, 5) is 0. The maximum absolute atomic E-state index is 11.4. The van der Waals surface area contributed by atoms with Crippen molar-refractivity contribution in [3.63, 3.8) is 0 Å². The molecule has 0 heterocycles. The molecule has 0 saturated carbocycles. The summed E-state index contributed by atoms with van der Waals surface area (Å²) in [6.45, 7) is 4.68. The van der Waals surface area contributed by atoms with Crippen LogP contribution in [0.5, 0.6) is 0 Å². The molecule has 106 valence electrons. The molecule has 0 aromatic heterocycles. The summed E-state index contributed by atoms with van der Waals surface area (Å²) in [5.41, 5.74) is 1.57. The molecule has 0 aliphatic carbocycles. The third-order valence-electron chi connectivity index (χ3n) is 0.758. The van der Waals surface area contributed by atoms with Crippen molar-refractivity contribution in [3.8, 4) is 0 Å². The number of ether oxygens (including phenoxy) is 1. The van der Waals surface area contributed by atoms with Gasteiger partial charge in [0.1, 0.15) is 0 Å². The molecule has 0 fully saturated rings. The molecule has 0 saturated heterocycles. The van der Waals surface area contributed by atoms with E-state index < -0.39 is 0 Å². The minimum absolute atomic E-state index is 0.185. The third-order valence-corrected chi connectivity index (χ3v) is 0.758. The number of nitrogens with one attached hydrogen (secondary N) is 1. The highest BCUT2D eigenvalue weighted by atomic mass is 20.0. The number of hydrogen-bond acceptors (Lipinski definition) is 2. The molecule has 0 amide bonds. The Labute approximate surface area is 85.8 Å². The molecule has 0 rings (SSSR count). The molecule has 0 aromatic rings. The lowest BCUT2D eigenvalue weighted by Crippen LogP contribution is -2.23. The van der Waals surface area contributed by atoms with Crippen molar-refractivity contribution in [2.45, 2.75) is 19.9 Å². The quantitative estimate of drug-likeness (QED) is 0.610. The summed E-state index contributed by atoms with van der Waals surface area (Å²) in [5, 5.41) is 0. The summed E-state index contributed by atoms with van der Waals surface area (Å²) < 4.78 is 80.3. The molecule has 1 unspecified atom stereocenters. The topological polar surface area (TPSA) is 21.3 Å². The monoisotopic (exact) mass is 273 g/mol. The largest absolute Gasteiger partial charge is 0.380 e. The zero-order valence-electron chi connectivity index (χ0n) is 8.30. The van der Waals surface area contributed by atoms with Gasteiger partial charge < -0.3 is 4.74 Å². The van der Waals surface area contributed by atoms with E-state index in [-0.39, 0.29) is 6.04 Å². The standard InChI is InChI=1S/C5H12FNO.4F2/c1-3-8-4-5(2)7-6;4*1-2/h5,7H,3-4H2,1-2H3;;;;. The van der Waals surface area contributed by atoms with Gasteiger partial charge in [-0.25, -0.2) is 0 Å². The maximum atomic E-state index is 11.4. The molecule has 1 atom stereocenters. The van der Waals surface area contributed by atoms with Gasteiger partial charge in [0.25, 0.3) is 0 Å². The van der Waals surface area contributed by atoms with E-state index in [1.165, 1.54) is 0 Å². The molecule has 0 aromatic carbocycles. The lowest BCUT2D eigenvalue weighted by atomic mass is 10.4. The third kappa shape index (κ3) is 71.7. The van der Waals surface area contributed by atoms with Gasteiger partial charge in [0.2, 0.25) is 0 Å². The second kappa shape index (κ2) is 63.8. The first-order valence-electron chi connectivity index (χ1n) is 3.32. The average molecular weight is 273 g/mol. The molecule has 2 nitrogen and oxygen atoms in total. The fourth-order valence-corrected chi connectivity index (χ4v) is 0.326. The number of halogens is 9. The van der Waals surface area contributed by atoms with Crippen LogP contribution in [0.4, 0.5) is 41.1 Å². The van der Waals surface area contributed by atoms with Crippen LogP contribution in [-0.2, 0) is 4.74 Å². The van der Waals surface area contributed by atoms with Crippen molar-refractivity contribution in [2.75, 3.05) is 13.2 Å². The highest BCUT2D eigenvalue weighted by Crippen LogP contribution is 1.82. The minimum Gasteiger partial charge on any atom is -0.380 e. The summed E-state index contributed by atoms with van der Waals surface area (Å²) in [6, 6.07) is -0.185. The molecule has 0 aliphatic rings. The van der Waals surface area contributed by atoms with Crippen molar-refractivity contribution in [3.05, 3.63) is 0 Å². The Balaban J connectivity index is -0.0000000426. The van der Waals surface area contributed by atoms with Crippen LogP contribution in [-0.4, -0.2) is 19.3 Å². The van der Waals surface area contributed by atoms with Gasteiger partial charge in [0.15, 0.2) is 0 Å². The van der Waals surface area contributed by atoms with E-state index in [0.29, 0.717) is 13.2 Å². The molecule has 0 aliphatic heterocycles. The van der Waals surface area contributed by atoms with Gasteiger partial charge in [-0.15, -0.1) is 4.48 Å². The summed E-state index contributed by atoms with van der Waals surface area (Å²) in [6.07, 6.45) is 0. The van der Waals surface area contributed by atoms with E-state index in [1.807, 2.05) is 6.92 Å². The summed E-state index contributed by atoms with van der Waals surface area (Å²) in [7, 11) is 0. The Bertz CT molecular complexity index is 63.2. The molecule has 0 bridgehead atoms. The maximum Gasteiger partial charge on any atom is 0.0642 e. The summed E-state index contributed by atoms with van der Waals surface area (Å²) >= 11 is 0. The predicted molar refractivity (Wildman–Crippen MR) is 39.1 cm³/mol. The van der Waals surface area contributed by atoms with Gasteiger partial charge in [-0.2, -0.15) is 5.54 Å². The first-order chi connectivity index (χ1) is 7.81. The van der Waals surface area contributed by atoms with E-state index in [0.717, 1.165) is 0 Å². The SMILES string of the molecule is CCOCC(C)NF.FF.FF.FF.FF. The van der Waals surface area contributed by atoms with Gasteiger partial charge in [0, 0.05) is 43.2 Å². The van der Waals surface area contributed by atoms with Gasteiger partial charge in [-0.1, -0.05) is 0 Å². The number of rotatable bonds is 4. The molecular formula is C5H12F9NO. The highest BCUT2D eigenvalue weighted by Gasteiger charge is 1.96. The Hall–Kier alpha value is -0.710. The first kappa shape index (κ1) is 29.5. The molecule has 11 heteroatoms. The molecule has 16 heavy (non-hydrogen) atoms. The van der Waals surface area contributed by atoms with E-state index in [4.69, 9.17) is 41.3 Å². The van der Waals surface area contributed by atoms with E-state index in [2.05, 4.69) is 0 Å². The fourth-order valence-electron chi connectivity index (χ4n) is 0.326.